The van der Waals surface area contributed by atoms with Gasteiger partial charge >= 0.3 is 0 Å². The van der Waals surface area contributed by atoms with Crippen molar-refractivity contribution >= 4 is 17.4 Å². The number of nitrogens with one attached hydrogen (secondary N) is 1. The lowest BCUT2D eigenvalue weighted by Crippen LogP contribution is -2.13. The van der Waals surface area contributed by atoms with Crippen molar-refractivity contribution in [1.82, 2.24) is 14.8 Å². The van der Waals surface area contributed by atoms with Crippen LogP contribution in [0.4, 0.5) is 11.5 Å². The predicted molar refractivity (Wildman–Crippen MR) is 130 cm³/mol. The lowest BCUT2D eigenvalue weighted by Gasteiger charge is -2.17. The zero-order chi connectivity index (χ0) is 23.7. The van der Waals surface area contributed by atoms with E-state index in [-0.39, 0.29) is 12.0 Å². The second-order valence-corrected chi connectivity index (χ2v) is 8.27. The minimum Gasteiger partial charge on any atom is -0.493 e. The van der Waals surface area contributed by atoms with Crippen LogP contribution < -0.4 is 20.5 Å². The molecule has 1 aliphatic heterocycles. The average molecular weight is 456 g/mol. The third kappa shape index (κ3) is 4.43. The summed E-state index contributed by atoms with van der Waals surface area (Å²) in [6.07, 6.45) is 5.87. The number of ether oxygens (including phenoxy) is 2. The van der Waals surface area contributed by atoms with E-state index in [1.165, 1.54) is 0 Å². The SMILES string of the molecule is CC(Oc1cc(-c2cnn(C)c2)cnc1N)c1cccc(NC(=O)c2ccc3c(c2)CCO3)c1. The highest BCUT2D eigenvalue weighted by Gasteiger charge is 2.16. The summed E-state index contributed by atoms with van der Waals surface area (Å²) in [6.45, 7) is 2.59. The molecule has 0 saturated heterocycles. The lowest BCUT2D eigenvalue weighted by molar-refractivity contribution is 0.102. The van der Waals surface area contributed by atoms with Gasteiger partial charge in [-0.15, -0.1) is 0 Å². The summed E-state index contributed by atoms with van der Waals surface area (Å²) in [6, 6.07) is 15.0. The fourth-order valence-corrected chi connectivity index (χ4v) is 3.94. The van der Waals surface area contributed by atoms with Crippen LogP contribution >= 0.6 is 0 Å². The van der Waals surface area contributed by atoms with Crippen molar-refractivity contribution in [3.8, 4) is 22.6 Å². The Labute approximate surface area is 197 Å². The number of rotatable bonds is 6. The van der Waals surface area contributed by atoms with Crippen molar-refractivity contribution < 1.29 is 14.3 Å². The molecule has 5 rings (SSSR count). The molecule has 1 amide bonds. The molecule has 0 aliphatic carbocycles. The summed E-state index contributed by atoms with van der Waals surface area (Å²) in [4.78, 5) is 17.1. The highest BCUT2D eigenvalue weighted by atomic mass is 16.5. The standard InChI is InChI=1S/C26H25N5O3/c1-16(34-24-12-20(13-28-25(24)27)21-14-29-31(2)15-21)17-4-3-5-22(11-17)30-26(32)19-6-7-23-18(10-19)8-9-33-23/h3-7,10-16H,8-9H2,1-2H3,(H2,27,28)(H,30,32). The Morgan fingerprint density at radius 1 is 1.18 bits per heavy atom. The fourth-order valence-electron chi connectivity index (χ4n) is 3.94. The summed E-state index contributed by atoms with van der Waals surface area (Å²) in [7, 11) is 1.86. The highest BCUT2D eigenvalue weighted by Crippen LogP contribution is 2.31. The van der Waals surface area contributed by atoms with Gasteiger partial charge in [0, 0.05) is 48.2 Å². The second-order valence-electron chi connectivity index (χ2n) is 8.27. The molecule has 1 unspecified atom stereocenters. The summed E-state index contributed by atoms with van der Waals surface area (Å²) < 4.78 is 13.4. The molecule has 1 atom stereocenters. The van der Waals surface area contributed by atoms with Crippen LogP contribution in [-0.2, 0) is 13.5 Å². The summed E-state index contributed by atoms with van der Waals surface area (Å²) in [5.41, 5.74) is 11.1. The van der Waals surface area contributed by atoms with Gasteiger partial charge < -0.3 is 20.5 Å². The van der Waals surface area contributed by atoms with Crippen molar-refractivity contribution in [3.05, 3.63) is 83.8 Å². The highest BCUT2D eigenvalue weighted by molar-refractivity contribution is 6.04. The monoisotopic (exact) mass is 455 g/mol. The minimum absolute atomic E-state index is 0.168. The Kier molecular flexibility index (Phi) is 5.63. The largest absolute Gasteiger partial charge is 0.493 e. The Bertz CT molecular complexity index is 1360. The third-order valence-corrected chi connectivity index (χ3v) is 5.79. The number of anilines is 2. The number of amides is 1. The molecule has 172 valence electrons. The molecule has 8 heteroatoms. The van der Waals surface area contributed by atoms with Crippen molar-refractivity contribution in [3.63, 3.8) is 0 Å². The van der Waals surface area contributed by atoms with Gasteiger partial charge in [-0.2, -0.15) is 5.10 Å². The third-order valence-electron chi connectivity index (χ3n) is 5.79. The molecular formula is C26H25N5O3. The molecule has 0 bridgehead atoms. The van der Waals surface area contributed by atoms with E-state index >= 15 is 0 Å². The lowest BCUT2D eigenvalue weighted by atomic mass is 10.1. The van der Waals surface area contributed by atoms with Gasteiger partial charge in [0.2, 0.25) is 0 Å². The molecular weight excluding hydrogens is 430 g/mol. The molecule has 4 aromatic rings. The number of carbonyl (C=O) groups excluding carboxylic acids is 1. The van der Waals surface area contributed by atoms with E-state index in [0.29, 0.717) is 29.4 Å². The Morgan fingerprint density at radius 2 is 2.06 bits per heavy atom. The maximum atomic E-state index is 12.8. The van der Waals surface area contributed by atoms with Gasteiger partial charge in [0.15, 0.2) is 11.6 Å². The summed E-state index contributed by atoms with van der Waals surface area (Å²) in [5.74, 6) is 1.48. The van der Waals surface area contributed by atoms with Gasteiger partial charge in [-0.3, -0.25) is 9.48 Å². The average Bonchev–Trinajstić information content (AvgIpc) is 3.49. The molecule has 2 aromatic carbocycles. The van der Waals surface area contributed by atoms with Crippen LogP contribution in [0.25, 0.3) is 11.1 Å². The number of benzene rings is 2. The van der Waals surface area contributed by atoms with Gasteiger partial charge in [0.1, 0.15) is 11.9 Å². The number of fused-ring (bicyclic) bond motifs is 1. The van der Waals surface area contributed by atoms with E-state index in [1.54, 1.807) is 23.1 Å². The number of aromatic nitrogens is 3. The van der Waals surface area contributed by atoms with Crippen LogP contribution in [0.5, 0.6) is 11.5 Å². The molecule has 8 nitrogen and oxygen atoms in total. The number of aryl methyl sites for hydroxylation is 1. The smallest absolute Gasteiger partial charge is 0.255 e. The quantitative estimate of drug-likeness (QED) is 0.447. The zero-order valence-electron chi connectivity index (χ0n) is 19.0. The first kappa shape index (κ1) is 21.5. The van der Waals surface area contributed by atoms with Gasteiger partial charge in [-0.1, -0.05) is 12.1 Å². The molecule has 0 saturated carbocycles. The number of hydrogen-bond acceptors (Lipinski definition) is 6. The van der Waals surface area contributed by atoms with Crippen LogP contribution in [0.15, 0.2) is 67.1 Å². The molecule has 0 radical (unpaired) electrons. The van der Waals surface area contributed by atoms with Crippen LogP contribution in [0.3, 0.4) is 0 Å². The van der Waals surface area contributed by atoms with Crippen molar-refractivity contribution in [2.75, 3.05) is 17.7 Å². The Morgan fingerprint density at radius 3 is 2.88 bits per heavy atom. The van der Waals surface area contributed by atoms with E-state index in [1.807, 2.05) is 62.6 Å². The molecule has 1 aliphatic rings. The van der Waals surface area contributed by atoms with E-state index in [4.69, 9.17) is 15.2 Å². The number of pyridine rings is 1. The molecule has 0 fully saturated rings. The van der Waals surface area contributed by atoms with Crippen LogP contribution in [0.1, 0.15) is 34.5 Å². The number of nitrogen functional groups attached to an aromatic ring is 1. The predicted octanol–water partition coefficient (Wildman–Crippen LogP) is 4.39. The Balaban J connectivity index is 1.31. The number of nitrogens with zero attached hydrogens (tertiary/aromatic N) is 3. The van der Waals surface area contributed by atoms with Gasteiger partial charge in [-0.05, 0) is 54.4 Å². The molecule has 2 aromatic heterocycles. The first-order valence-corrected chi connectivity index (χ1v) is 11.0. The zero-order valence-corrected chi connectivity index (χ0v) is 19.0. The normalized spacial score (nSPS) is 13.1. The van der Waals surface area contributed by atoms with Crippen molar-refractivity contribution in [2.45, 2.75) is 19.4 Å². The molecule has 3 N–H and O–H groups in total. The molecule has 3 heterocycles. The van der Waals surface area contributed by atoms with Gasteiger partial charge in [-0.25, -0.2) is 4.98 Å². The van der Waals surface area contributed by atoms with Crippen LogP contribution in [0, 0.1) is 0 Å². The Hall–Kier alpha value is -4.33. The first-order valence-electron chi connectivity index (χ1n) is 11.0. The molecule has 34 heavy (non-hydrogen) atoms. The molecule has 0 spiro atoms. The van der Waals surface area contributed by atoms with Crippen molar-refractivity contribution in [2.24, 2.45) is 7.05 Å². The summed E-state index contributed by atoms with van der Waals surface area (Å²) in [5, 5.41) is 7.17. The van der Waals surface area contributed by atoms with Crippen LogP contribution in [0.2, 0.25) is 0 Å². The van der Waals surface area contributed by atoms with Crippen LogP contribution in [-0.4, -0.2) is 27.3 Å². The topological polar surface area (TPSA) is 104 Å². The number of nitrogens with two attached hydrogens (primary N) is 1. The van der Waals surface area contributed by atoms with Crippen molar-refractivity contribution in [1.29, 1.82) is 0 Å². The maximum Gasteiger partial charge on any atom is 0.255 e. The number of hydrogen-bond donors (Lipinski definition) is 2. The van der Waals surface area contributed by atoms with E-state index in [2.05, 4.69) is 15.4 Å². The van der Waals surface area contributed by atoms with Gasteiger partial charge in [0.25, 0.3) is 5.91 Å². The minimum atomic E-state index is -0.317. The van der Waals surface area contributed by atoms with Gasteiger partial charge in [0.05, 0.1) is 12.8 Å². The maximum absolute atomic E-state index is 12.8. The van der Waals surface area contributed by atoms with E-state index in [0.717, 1.165) is 34.4 Å². The summed E-state index contributed by atoms with van der Waals surface area (Å²) >= 11 is 0. The second kappa shape index (κ2) is 8.90. The number of carbonyl (C=O) groups is 1. The van der Waals surface area contributed by atoms with E-state index in [9.17, 15) is 4.79 Å². The fraction of sp³-hybridized carbons (Fsp3) is 0.192. The van der Waals surface area contributed by atoms with E-state index < -0.39 is 0 Å². The first-order chi connectivity index (χ1) is 16.5.